The fraction of sp³-hybridized carbons (Fsp3) is 0.150. The van der Waals surface area contributed by atoms with Crippen molar-refractivity contribution in [2.24, 2.45) is 0 Å². The zero-order valence-corrected chi connectivity index (χ0v) is 15.7. The van der Waals surface area contributed by atoms with Gasteiger partial charge in [0.25, 0.3) is 0 Å². The van der Waals surface area contributed by atoms with Crippen LogP contribution in [0.4, 0.5) is 0 Å². The number of furan rings is 1. The van der Waals surface area contributed by atoms with Crippen LogP contribution in [0.5, 0.6) is 0 Å². The van der Waals surface area contributed by atoms with Crippen LogP contribution in [0.15, 0.2) is 65.2 Å². The fourth-order valence-corrected chi connectivity index (χ4v) is 5.32. The van der Waals surface area contributed by atoms with Gasteiger partial charge in [-0.05, 0) is 0 Å². The predicted molar refractivity (Wildman–Crippen MR) is 99.9 cm³/mol. The van der Waals surface area contributed by atoms with E-state index in [4.69, 9.17) is 4.42 Å². The molecule has 0 aliphatic carbocycles. The van der Waals surface area contributed by atoms with Gasteiger partial charge in [0.05, 0.1) is 0 Å². The molecule has 2 aromatic heterocycles. The number of fused-ring (bicyclic) bond motifs is 3. The van der Waals surface area contributed by atoms with Gasteiger partial charge in [-0.3, -0.25) is 0 Å². The normalized spacial score (nSPS) is 12.1. The van der Waals surface area contributed by atoms with Crippen molar-refractivity contribution >= 4 is 39.6 Å². The second kappa shape index (κ2) is 5.24. The van der Waals surface area contributed by atoms with Crippen molar-refractivity contribution in [3.8, 4) is 11.3 Å². The molecular weight excluding hydrogens is 343 g/mol. The molecule has 0 radical (unpaired) electrons. The minimum atomic E-state index is -1.85. The maximum absolute atomic E-state index is 6.05. The van der Waals surface area contributed by atoms with Crippen LogP contribution in [-0.2, 0) is 0 Å². The van der Waals surface area contributed by atoms with Gasteiger partial charge in [-0.25, -0.2) is 0 Å². The first-order valence-corrected chi connectivity index (χ1v) is 15.2. The summed E-state index contributed by atoms with van der Waals surface area (Å²) in [5, 5.41) is 2.32. The third kappa shape index (κ3) is 2.57. The van der Waals surface area contributed by atoms with Gasteiger partial charge in [-0.1, -0.05) is 0 Å². The van der Waals surface area contributed by atoms with E-state index in [0.717, 1.165) is 27.8 Å². The van der Waals surface area contributed by atoms with Gasteiger partial charge in [0.2, 0.25) is 0 Å². The van der Waals surface area contributed by atoms with Crippen molar-refractivity contribution in [3.05, 3.63) is 60.8 Å². The summed E-state index contributed by atoms with van der Waals surface area (Å²) in [7, 11) is 0. The molecule has 0 N–H and O–H groups in total. The van der Waals surface area contributed by atoms with Gasteiger partial charge in [0, 0.05) is 0 Å². The van der Waals surface area contributed by atoms with Crippen molar-refractivity contribution in [1.29, 1.82) is 0 Å². The Kier molecular flexibility index (Phi) is 3.31. The molecule has 0 aliphatic rings. The SMILES string of the molecule is [CH3][Ge]([CH3])([CH3])[c]1ccc2c(c1)oc1cnc(-c3ccccc3)cc12. The predicted octanol–water partition coefficient (Wildman–Crippen LogP) is 5.19. The van der Waals surface area contributed by atoms with E-state index in [1.165, 1.54) is 9.78 Å². The van der Waals surface area contributed by atoms with Crippen LogP contribution in [0.3, 0.4) is 0 Å². The number of aromatic nitrogens is 1. The van der Waals surface area contributed by atoms with Crippen LogP contribution < -0.4 is 4.40 Å². The van der Waals surface area contributed by atoms with E-state index in [-0.39, 0.29) is 0 Å². The van der Waals surface area contributed by atoms with E-state index in [1.807, 2.05) is 24.4 Å². The summed E-state index contributed by atoms with van der Waals surface area (Å²) in [5.74, 6) is 7.21. The van der Waals surface area contributed by atoms with Crippen LogP contribution in [0.2, 0.25) is 17.3 Å². The monoisotopic (exact) mass is 363 g/mol. The molecule has 3 heteroatoms. The van der Waals surface area contributed by atoms with Crippen LogP contribution in [0.1, 0.15) is 0 Å². The Hall–Kier alpha value is -2.07. The zero-order chi connectivity index (χ0) is 16.0. The molecule has 0 saturated carbocycles. The van der Waals surface area contributed by atoms with Gasteiger partial charge in [0.1, 0.15) is 0 Å². The first-order chi connectivity index (χ1) is 11.0. The van der Waals surface area contributed by atoms with E-state index < -0.39 is 13.3 Å². The Bertz CT molecular complexity index is 997. The van der Waals surface area contributed by atoms with E-state index in [1.54, 1.807) is 0 Å². The second-order valence-corrected chi connectivity index (χ2v) is 17.6. The first kappa shape index (κ1) is 14.5. The van der Waals surface area contributed by atoms with Crippen LogP contribution in [-0.4, -0.2) is 18.3 Å². The molecule has 0 atom stereocenters. The number of benzene rings is 2. The molecular formula is C20H19GeNO. The molecule has 2 heterocycles. The van der Waals surface area contributed by atoms with Gasteiger partial charge < -0.3 is 0 Å². The Morgan fingerprint density at radius 3 is 2.35 bits per heavy atom. The summed E-state index contributed by atoms with van der Waals surface area (Å²) >= 11 is -1.85. The van der Waals surface area contributed by atoms with Crippen molar-refractivity contribution < 1.29 is 4.42 Å². The van der Waals surface area contributed by atoms with Gasteiger partial charge in [-0.15, -0.1) is 0 Å². The number of nitrogens with zero attached hydrogens (tertiary/aromatic N) is 1. The average molecular weight is 362 g/mol. The molecule has 0 unspecified atom stereocenters. The number of rotatable bonds is 2. The molecule has 0 amide bonds. The minimum absolute atomic E-state index is 0.859. The maximum atomic E-state index is 6.05. The molecule has 2 aromatic carbocycles. The third-order valence-electron chi connectivity index (χ3n) is 4.29. The fourth-order valence-electron chi connectivity index (χ4n) is 2.92. The quantitative estimate of drug-likeness (QED) is 0.459. The third-order valence-corrected chi connectivity index (χ3v) is 8.58. The van der Waals surface area contributed by atoms with Crippen molar-refractivity contribution in [3.63, 3.8) is 0 Å². The second-order valence-electron chi connectivity index (χ2n) is 6.99. The molecule has 0 aliphatic heterocycles. The summed E-state index contributed by atoms with van der Waals surface area (Å²) in [6.45, 7) is 0. The topological polar surface area (TPSA) is 26.0 Å². The standard InChI is InChI=1S/C20H19GeNO/c1-21(2,3)15-9-10-16-17-12-18(14-7-5-4-6-8-14)22-13-20(17)23-19(16)11-15/h4-13H,1-3H3. The Morgan fingerprint density at radius 1 is 0.826 bits per heavy atom. The van der Waals surface area contributed by atoms with Gasteiger partial charge in [0.15, 0.2) is 0 Å². The van der Waals surface area contributed by atoms with Gasteiger partial charge in [-0.2, -0.15) is 0 Å². The molecule has 114 valence electrons. The van der Waals surface area contributed by atoms with E-state index in [2.05, 4.69) is 58.7 Å². The Morgan fingerprint density at radius 2 is 1.61 bits per heavy atom. The van der Waals surface area contributed by atoms with Crippen LogP contribution in [0, 0.1) is 0 Å². The Labute approximate surface area is 138 Å². The molecule has 0 bridgehead atoms. The van der Waals surface area contributed by atoms with Crippen LogP contribution in [0.25, 0.3) is 33.2 Å². The van der Waals surface area contributed by atoms with E-state index in [9.17, 15) is 0 Å². The molecule has 23 heavy (non-hydrogen) atoms. The van der Waals surface area contributed by atoms with E-state index in [0.29, 0.717) is 0 Å². The van der Waals surface area contributed by atoms with Crippen molar-refractivity contribution in [1.82, 2.24) is 4.98 Å². The summed E-state index contributed by atoms with van der Waals surface area (Å²) in [6.07, 6.45) is 1.84. The summed E-state index contributed by atoms with van der Waals surface area (Å²) in [5.41, 5.74) is 3.95. The number of hydrogen-bond donors (Lipinski definition) is 0. The van der Waals surface area contributed by atoms with Crippen LogP contribution >= 0.6 is 0 Å². The van der Waals surface area contributed by atoms with Gasteiger partial charge >= 0.3 is 138 Å². The molecule has 4 rings (SSSR count). The number of hydrogen-bond acceptors (Lipinski definition) is 2. The average Bonchev–Trinajstić information content (AvgIpc) is 2.91. The molecule has 0 fully saturated rings. The molecule has 0 saturated heterocycles. The van der Waals surface area contributed by atoms with Crippen molar-refractivity contribution in [2.75, 3.05) is 0 Å². The summed E-state index contributed by atoms with van der Waals surface area (Å²) in [6, 6.07) is 19.1. The Balaban J connectivity index is 1.93. The van der Waals surface area contributed by atoms with Crippen molar-refractivity contribution in [2.45, 2.75) is 17.3 Å². The summed E-state index contributed by atoms with van der Waals surface area (Å²) < 4.78 is 7.51. The molecule has 4 aromatic rings. The zero-order valence-electron chi connectivity index (χ0n) is 13.6. The van der Waals surface area contributed by atoms with E-state index >= 15 is 0 Å². The number of pyridine rings is 1. The molecule has 2 nitrogen and oxygen atoms in total. The summed E-state index contributed by atoms with van der Waals surface area (Å²) in [4.78, 5) is 4.56. The first-order valence-electron chi connectivity index (χ1n) is 7.90. The molecule has 0 spiro atoms.